The maximum absolute atomic E-state index is 12.6. The minimum absolute atomic E-state index is 0.272. The number of thiophene rings is 1. The lowest BCUT2D eigenvalue weighted by atomic mass is 10.3. The molecule has 0 radical (unpaired) electrons. The van der Waals surface area contributed by atoms with E-state index in [1.807, 2.05) is 32.0 Å². The second-order valence-corrected chi connectivity index (χ2v) is 7.59. The van der Waals surface area contributed by atoms with Crippen LogP contribution >= 0.6 is 11.3 Å². The average Bonchev–Trinajstić information content (AvgIpc) is 2.94. The van der Waals surface area contributed by atoms with Gasteiger partial charge >= 0.3 is 0 Å². The van der Waals surface area contributed by atoms with Crippen LogP contribution in [0.15, 0.2) is 34.5 Å². The minimum atomic E-state index is -3.50. The summed E-state index contributed by atoms with van der Waals surface area (Å²) < 4.78 is 26.7. The molecule has 0 amide bonds. The van der Waals surface area contributed by atoms with Gasteiger partial charge in [-0.15, -0.1) is 11.3 Å². The molecule has 0 aliphatic rings. The molecule has 0 spiro atoms. The van der Waals surface area contributed by atoms with Crippen molar-refractivity contribution in [1.82, 2.24) is 9.29 Å². The van der Waals surface area contributed by atoms with E-state index in [0.29, 0.717) is 18.0 Å². The largest absolute Gasteiger partial charge is 0.326 e. The van der Waals surface area contributed by atoms with Gasteiger partial charge < -0.3 is 5.73 Å². The van der Waals surface area contributed by atoms with E-state index in [9.17, 15) is 8.42 Å². The molecule has 0 saturated heterocycles. The van der Waals surface area contributed by atoms with E-state index in [4.69, 9.17) is 5.73 Å². The topological polar surface area (TPSA) is 76.3 Å². The van der Waals surface area contributed by atoms with Crippen LogP contribution in [0.5, 0.6) is 0 Å². The maximum atomic E-state index is 12.6. The zero-order valence-corrected chi connectivity index (χ0v) is 13.7. The second-order valence-electron chi connectivity index (χ2n) is 4.65. The highest BCUT2D eigenvalue weighted by atomic mass is 32.2. The normalized spacial score (nSPS) is 12.0. The Morgan fingerprint density at radius 1 is 1.38 bits per heavy atom. The Kier molecular flexibility index (Phi) is 5.10. The van der Waals surface area contributed by atoms with Crippen molar-refractivity contribution in [2.75, 3.05) is 6.54 Å². The number of hydrogen-bond donors (Lipinski definition) is 1. The smallest absolute Gasteiger partial charge is 0.244 e. The summed E-state index contributed by atoms with van der Waals surface area (Å²) in [6.07, 6.45) is 0. The van der Waals surface area contributed by atoms with E-state index < -0.39 is 10.0 Å². The molecule has 7 heteroatoms. The highest BCUT2D eigenvalue weighted by molar-refractivity contribution is 7.89. The molecule has 0 aliphatic heterocycles. The van der Waals surface area contributed by atoms with Gasteiger partial charge in [0, 0.05) is 29.0 Å². The zero-order valence-electron chi connectivity index (χ0n) is 12.1. The molecule has 0 unspecified atom stereocenters. The molecule has 0 fully saturated rings. The lowest BCUT2D eigenvalue weighted by Crippen LogP contribution is -2.30. The molecule has 21 heavy (non-hydrogen) atoms. The lowest BCUT2D eigenvalue weighted by molar-refractivity contribution is 0.419. The van der Waals surface area contributed by atoms with Crippen molar-refractivity contribution in [2.45, 2.75) is 31.8 Å². The van der Waals surface area contributed by atoms with Gasteiger partial charge in [-0.2, -0.15) is 4.31 Å². The molecule has 2 N–H and O–H groups in total. The highest BCUT2D eigenvalue weighted by Crippen LogP contribution is 2.23. The van der Waals surface area contributed by atoms with Crippen LogP contribution in [0.1, 0.15) is 23.2 Å². The van der Waals surface area contributed by atoms with Gasteiger partial charge in [0.25, 0.3) is 0 Å². The number of nitrogens with two attached hydrogens (primary N) is 1. The van der Waals surface area contributed by atoms with E-state index in [2.05, 4.69) is 4.98 Å². The number of pyridine rings is 1. The van der Waals surface area contributed by atoms with Crippen molar-refractivity contribution in [3.8, 4) is 0 Å². The summed E-state index contributed by atoms with van der Waals surface area (Å²) in [5.41, 5.74) is 7.17. The summed E-state index contributed by atoms with van der Waals surface area (Å²) in [7, 11) is -3.50. The number of rotatable bonds is 6. The van der Waals surface area contributed by atoms with E-state index in [1.165, 1.54) is 15.6 Å². The van der Waals surface area contributed by atoms with Crippen LogP contribution in [0.3, 0.4) is 0 Å². The molecule has 0 aliphatic carbocycles. The first-order valence-corrected chi connectivity index (χ1v) is 8.99. The van der Waals surface area contributed by atoms with Gasteiger partial charge in [0.1, 0.15) is 0 Å². The number of nitrogens with zero attached hydrogens (tertiary/aromatic N) is 2. The van der Waals surface area contributed by atoms with Gasteiger partial charge in [-0.1, -0.05) is 13.0 Å². The molecule has 2 aromatic heterocycles. The fourth-order valence-electron chi connectivity index (χ4n) is 1.99. The van der Waals surface area contributed by atoms with Crippen LogP contribution in [0.2, 0.25) is 0 Å². The number of hydrogen-bond acceptors (Lipinski definition) is 5. The molecule has 2 heterocycles. The molecular weight excluding hydrogens is 306 g/mol. The van der Waals surface area contributed by atoms with Crippen molar-refractivity contribution in [2.24, 2.45) is 5.73 Å². The first kappa shape index (κ1) is 16.1. The van der Waals surface area contributed by atoms with Gasteiger partial charge in [-0.3, -0.25) is 4.98 Å². The van der Waals surface area contributed by atoms with E-state index in [1.54, 1.807) is 11.4 Å². The van der Waals surface area contributed by atoms with Crippen molar-refractivity contribution in [1.29, 1.82) is 0 Å². The predicted molar refractivity (Wildman–Crippen MR) is 84.5 cm³/mol. The van der Waals surface area contributed by atoms with Gasteiger partial charge in [-0.25, -0.2) is 8.42 Å². The number of aromatic nitrogens is 1. The van der Waals surface area contributed by atoms with Crippen molar-refractivity contribution >= 4 is 21.4 Å². The molecule has 0 aromatic carbocycles. The predicted octanol–water partition coefficient (Wildman–Crippen LogP) is 2.12. The Labute approximate surface area is 129 Å². The number of aryl methyl sites for hydroxylation is 1. The zero-order chi connectivity index (χ0) is 15.5. The van der Waals surface area contributed by atoms with Gasteiger partial charge in [0.2, 0.25) is 10.0 Å². The van der Waals surface area contributed by atoms with Crippen LogP contribution in [0, 0.1) is 6.92 Å². The highest BCUT2D eigenvalue weighted by Gasteiger charge is 2.24. The molecule has 2 aromatic rings. The first-order valence-electron chi connectivity index (χ1n) is 6.67. The van der Waals surface area contributed by atoms with Crippen molar-refractivity contribution in [3.05, 3.63) is 45.9 Å². The first-order chi connectivity index (χ1) is 9.97. The molecule has 2 rings (SSSR count). The summed E-state index contributed by atoms with van der Waals surface area (Å²) in [6.45, 7) is 4.73. The summed E-state index contributed by atoms with van der Waals surface area (Å²) in [5, 5.41) is 1.64. The van der Waals surface area contributed by atoms with Crippen LogP contribution in [-0.4, -0.2) is 24.3 Å². The third-order valence-electron chi connectivity index (χ3n) is 3.11. The van der Waals surface area contributed by atoms with E-state index in [0.717, 1.165) is 16.3 Å². The Morgan fingerprint density at radius 2 is 2.14 bits per heavy atom. The molecule has 0 bridgehead atoms. The van der Waals surface area contributed by atoms with Crippen LogP contribution in [0.25, 0.3) is 0 Å². The van der Waals surface area contributed by atoms with Gasteiger partial charge in [-0.05, 0) is 25.1 Å². The maximum Gasteiger partial charge on any atom is 0.244 e. The summed E-state index contributed by atoms with van der Waals surface area (Å²) in [5.74, 6) is 0. The van der Waals surface area contributed by atoms with Crippen LogP contribution in [-0.2, 0) is 23.1 Å². The number of sulfonamides is 1. The minimum Gasteiger partial charge on any atom is -0.326 e. The van der Waals surface area contributed by atoms with Crippen molar-refractivity contribution in [3.63, 3.8) is 0 Å². The summed E-state index contributed by atoms with van der Waals surface area (Å²) >= 11 is 1.37. The summed E-state index contributed by atoms with van der Waals surface area (Å²) in [6, 6.07) is 7.26. The quantitative estimate of drug-likeness (QED) is 0.882. The summed E-state index contributed by atoms with van der Waals surface area (Å²) in [4.78, 5) is 5.53. The Balaban J connectivity index is 2.27. The lowest BCUT2D eigenvalue weighted by Gasteiger charge is -2.19. The van der Waals surface area contributed by atoms with Crippen LogP contribution in [0.4, 0.5) is 0 Å². The van der Waals surface area contributed by atoms with E-state index >= 15 is 0 Å². The molecule has 0 saturated carbocycles. The SMILES string of the molecule is CCN(Cc1cccc(C)n1)S(=O)(=O)c1csc(CN)c1. The van der Waals surface area contributed by atoms with Gasteiger partial charge in [0.15, 0.2) is 0 Å². The van der Waals surface area contributed by atoms with Gasteiger partial charge in [0.05, 0.1) is 17.1 Å². The standard InChI is InChI=1S/C14H19N3O2S2/c1-3-17(9-12-6-4-5-11(2)16-12)21(18,19)14-7-13(8-15)20-10-14/h4-7,10H,3,8-9,15H2,1-2H3. The third kappa shape index (κ3) is 3.68. The molecule has 0 atom stereocenters. The van der Waals surface area contributed by atoms with E-state index in [-0.39, 0.29) is 6.54 Å². The fraction of sp³-hybridized carbons (Fsp3) is 0.357. The average molecular weight is 325 g/mol. The Morgan fingerprint density at radius 3 is 2.71 bits per heavy atom. The monoisotopic (exact) mass is 325 g/mol. The fourth-order valence-corrected chi connectivity index (χ4v) is 4.55. The third-order valence-corrected chi connectivity index (χ3v) is 6.11. The Bertz CT molecular complexity index is 711. The second kappa shape index (κ2) is 6.65. The molecular formula is C14H19N3O2S2. The van der Waals surface area contributed by atoms with Crippen molar-refractivity contribution < 1.29 is 8.42 Å². The van der Waals surface area contributed by atoms with Crippen LogP contribution < -0.4 is 5.73 Å². The Hall–Kier alpha value is -1.28. The molecule has 5 nitrogen and oxygen atoms in total. The molecule has 114 valence electrons.